The maximum Gasteiger partial charge on any atom is 0.0952 e. The molecule has 0 saturated heterocycles. The van der Waals surface area contributed by atoms with Crippen molar-refractivity contribution in [3.8, 4) is 0 Å². The molecule has 2 rings (SSSR count). The van der Waals surface area contributed by atoms with Crippen molar-refractivity contribution < 1.29 is 10.2 Å². The first-order valence-corrected chi connectivity index (χ1v) is 7.09. The molecule has 0 heterocycles. The molecule has 0 aromatic heterocycles. The van der Waals surface area contributed by atoms with Gasteiger partial charge in [0.05, 0.1) is 18.8 Å². The van der Waals surface area contributed by atoms with E-state index in [1.807, 2.05) is 54.6 Å². The number of nitrogens with one attached hydrogen (secondary N) is 1. The topological polar surface area (TPSA) is 52.5 Å². The Morgan fingerprint density at radius 1 is 0.905 bits per heavy atom. The van der Waals surface area contributed by atoms with Gasteiger partial charge in [-0.05, 0) is 11.1 Å². The van der Waals surface area contributed by atoms with Gasteiger partial charge in [0.15, 0.2) is 0 Å². The van der Waals surface area contributed by atoms with Crippen LogP contribution in [0.4, 0.5) is 0 Å². The van der Waals surface area contributed by atoms with E-state index in [0.717, 1.165) is 12.1 Å². The van der Waals surface area contributed by atoms with Crippen molar-refractivity contribution in [2.45, 2.75) is 18.7 Å². The Kier molecular flexibility index (Phi) is 6.16. The van der Waals surface area contributed by atoms with Crippen LogP contribution < -0.4 is 5.32 Å². The molecule has 0 amide bonds. The summed E-state index contributed by atoms with van der Waals surface area (Å²) in [7, 11) is 0. The lowest BCUT2D eigenvalue weighted by atomic mass is 10.1. The molecule has 3 heteroatoms. The SMILES string of the molecule is OC[C@@H](O)/C=C/[C@@H](NCc1ccccc1)c1ccccc1. The molecule has 2 aromatic carbocycles. The Morgan fingerprint density at radius 3 is 2.14 bits per heavy atom. The minimum absolute atomic E-state index is 0.00685. The summed E-state index contributed by atoms with van der Waals surface area (Å²) in [4.78, 5) is 0. The Hall–Kier alpha value is -1.94. The van der Waals surface area contributed by atoms with Gasteiger partial charge in [-0.15, -0.1) is 0 Å². The van der Waals surface area contributed by atoms with Crippen molar-refractivity contribution in [1.29, 1.82) is 0 Å². The van der Waals surface area contributed by atoms with Crippen LogP contribution in [0.25, 0.3) is 0 Å². The normalized spacial score (nSPS) is 14.2. The van der Waals surface area contributed by atoms with Gasteiger partial charge in [-0.2, -0.15) is 0 Å². The third-order valence-electron chi connectivity index (χ3n) is 3.24. The lowest BCUT2D eigenvalue weighted by Crippen LogP contribution is -2.20. The number of rotatable bonds is 7. The van der Waals surface area contributed by atoms with Crippen LogP contribution in [-0.2, 0) is 6.54 Å². The van der Waals surface area contributed by atoms with E-state index in [0.29, 0.717) is 0 Å². The summed E-state index contributed by atoms with van der Waals surface area (Å²) < 4.78 is 0. The fourth-order valence-electron chi connectivity index (χ4n) is 2.08. The Labute approximate surface area is 125 Å². The maximum atomic E-state index is 9.47. The number of hydrogen-bond acceptors (Lipinski definition) is 3. The van der Waals surface area contributed by atoms with Gasteiger partial charge < -0.3 is 15.5 Å². The van der Waals surface area contributed by atoms with Gasteiger partial charge in [-0.1, -0.05) is 72.8 Å². The highest BCUT2D eigenvalue weighted by Crippen LogP contribution is 2.15. The third kappa shape index (κ3) is 5.16. The fraction of sp³-hybridized carbons (Fsp3) is 0.222. The van der Waals surface area contributed by atoms with Crippen LogP contribution in [0.15, 0.2) is 72.8 Å². The number of aliphatic hydroxyl groups is 2. The first-order chi connectivity index (χ1) is 10.3. The largest absolute Gasteiger partial charge is 0.393 e. The van der Waals surface area contributed by atoms with Gasteiger partial charge in [0.1, 0.15) is 0 Å². The van der Waals surface area contributed by atoms with Crippen LogP contribution >= 0.6 is 0 Å². The summed E-state index contributed by atoms with van der Waals surface area (Å²) in [6.07, 6.45) is 2.68. The predicted molar refractivity (Wildman–Crippen MR) is 84.7 cm³/mol. The van der Waals surface area contributed by atoms with Gasteiger partial charge in [-0.3, -0.25) is 0 Å². The van der Waals surface area contributed by atoms with Crippen LogP contribution in [0.3, 0.4) is 0 Å². The molecule has 3 N–H and O–H groups in total. The number of hydrogen-bond donors (Lipinski definition) is 3. The van der Waals surface area contributed by atoms with Gasteiger partial charge >= 0.3 is 0 Å². The monoisotopic (exact) mass is 283 g/mol. The third-order valence-corrected chi connectivity index (χ3v) is 3.24. The van der Waals surface area contributed by atoms with E-state index in [1.54, 1.807) is 6.08 Å². The highest BCUT2D eigenvalue weighted by Gasteiger charge is 2.07. The second kappa shape index (κ2) is 8.37. The molecular formula is C18H21NO2. The molecule has 0 radical (unpaired) electrons. The zero-order chi connectivity index (χ0) is 14.9. The van der Waals surface area contributed by atoms with Crippen molar-refractivity contribution in [1.82, 2.24) is 5.32 Å². The summed E-state index contributed by atoms with van der Waals surface area (Å²) >= 11 is 0. The van der Waals surface area contributed by atoms with E-state index < -0.39 is 6.10 Å². The summed E-state index contributed by atoms with van der Waals surface area (Å²) in [5, 5.41) is 21.8. The lowest BCUT2D eigenvalue weighted by Gasteiger charge is -2.16. The molecule has 2 atom stereocenters. The first-order valence-electron chi connectivity index (χ1n) is 7.09. The fourth-order valence-corrected chi connectivity index (χ4v) is 2.08. The summed E-state index contributed by atoms with van der Waals surface area (Å²) in [5.74, 6) is 0. The van der Waals surface area contributed by atoms with Crippen molar-refractivity contribution in [3.63, 3.8) is 0 Å². The molecule has 0 spiro atoms. The van der Waals surface area contributed by atoms with Crippen molar-refractivity contribution in [2.75, 3.05) is 6.61 Å². The first kappa shape index (κ1) is 15.4. The molecule has 110 valence electrons. The van der Waals surface area contributed by atoms with Crippen molar-refractivity contribution >= 4 is 0 Å². The molecule has 2 aromatic rings. The van der Waals surface area contributed by atoms with E-state index in [1.165, 1.54) is 5.56 Å². The minimum Gasteiger partial charge on any atom is -0.393 e. The zero-order valence-corrected chi connectivity index (χ0v) is 11.9. The van der Waals surface area contributed by atoms with Crippen LogP contribution in [0.2, 0.25) is 0 Å². The van der Waals surface area contributed by atoms with Gasteiger partial charge in [0.2, 0.25) is 0 Å². The molecule has 0 aliphatic heterocycles. The Balaban J connectivity index is 2.07. The van der Waals surface area contributed by atoms with E-state index in [4.69, 9.17) is 5.11 Å². The summed E-state index contributed by atoms with van der Waals surface area (Å²) in [6, 6.07) is 20.2. The quantitative estimate of drug-likeness (QED) is 0.684. The maximum absolute atomic E-state index is 9.47. The average Bonchev–Trinajstić information content (AvgIpc) is 2.56. The smallest absolute Gasteiger partial charge is 0.0952 e. The molecule has 0 bridgehead atoms. The second-order valence-corrected chi connectivity index (χ2v) is 4.89. The van der Waals surface area contributed by atoms with Crippen LogP contribution in [0.5, 0.6) is 0 Å². The van der Waals surface area contributed by atoms with Crippen molar-refractivity contribution in [2.24, 2.45) is 0 Å². The zero-order valence-electron chi connectivity index (χ0n) is 11.9. The van der Waals surface area contributed by atoms with E-state index in [-0.39, 0.29) is 12.6 Å². The van der Waals surface area contributed by atoms with E-state index >= 15 is 0 Å². The summed E-state index contributed by atoms with van der Waals surface area (Å²) in [6.45, 7) is 0.469. The highest BCUT2D eigenvalue weighted by atomic mass is 16.3. The molecule has 0 aliphatic rings. The Morgan fingerprint density at radius 2 is 1.52 bits per heavy atom. The molecule has 0 unspecified atom stereocenters. The van der Waals surface area contributed by atoms with Crippen LogP contribution in [-0.4, -0.2) is 22.9 Å². The second-order valence-electron chi connectivity index (χ2n) is 4.89. The van der Waals surface area contributed by atoms with E-state index in [2.05, 4.69) is 17.4 Å². The van der Waals surface area contributed by atoms with Crippen LogP contribution in [0.1, 0.15) is 17.2 Å². The van der Waals surface area contributed by atoms with Gasteiger partial charge in [-0.25, -0.2) is 0 Å². The minimum atomic E-state index is -0.824. The van der Waals surface area contributed by atoms with Gasteiger partial charge in [0, 0.05) is 6.54 Å². The molecule has 0 fully saturated rings. The van der Waals surface area contributed by atoms with E-state index in [9.17, 15) is 5.11 Å². The molecule has 0 saturated carbocycles. The van der Waals surface area contributed by atoms with Gasteiger partial charge in [0.25, 0.3) is 0 Å². The molecule has 3 nitrogen and oxygen atoms in total. The predicted octanol–water partition coefficient (Wildman–Crippen LogP) is 2.43. The molecular weight excluding hydrogens is 262 g/mol. The number of benzene rings is 2. The van der Waals surface area contributed by atoms with Crippen LogP contribution in [0, 0.1) is 0 Å². The average molecular weight is 283 g/mol. The van der Waals surface area contributed by atoms with Crippen molar-refractivity contribution in [3.05, 3.63) is 83.9 Å². The molecule has 21 heavy (non-hydrogen) atoms. The highest BCUT2D eigenvalue weighted by molar-refractivity contribution is 5.24. The standard InChI is InChI=1S/C18H21NO2/c20-14-17(21)11-12-18(16-9-5-2-6-10-16)19-13-15-7-3-1-4-8-15/h1-12,17-21H,13-14H2/b12-11+/t17-,18+/m0/s1. The number of aliphatic hydroxyl groups excluding tert-OH is 2. The lowest BCUT2D eigenvalue weighted by molar-refractivity contribution is 0.131. The summed E-state index contributed by atoms with van der Waals surface area (Å²) in [5.41, 5.74) is 2.32. The Bertz CT molecular complexity index is 540. The molecule has 0 aliphatic carbocycles.